The monoisotopic (exact) mass is 245 g/mol. The van der Waals surface area contributed by atoms with Gasteiger partial charge in [-0.1, -0.05) is 18.2 Å². The summed E-state index contributed by atoms with van der Waals surface area (Å²) in [5.41, 5.74) is 1.65. The molecule has 2 rings (SSSR count). The summed E-state index contributed by atoms with van der Waals surface area (Å²) in [7, 11) is 1.89. The number of rotatable bonds is 4. The summed E-state index contributed by atoms with van der Waals surface area (Å²) in [6, 6.07) is 12.6. The zero-order valence-electron chi connectivity index (χ0n) is 10.5. The first-order valence-electron chi connectivity index (χ1n) is 5.87. The smallest absolute Gasteiger partial charge is 0.131 e. The van der Waals surface area contributed by atoms with Crippen LogP contribution in [-0.2, 0) is 6.54 Å². The van der Waals surface area contributed by atoms with E-state index < -0.39 is 0 Å². The van der Waals surface area contributed by atoms with Gasteiger partial charge in [0.05, 0.1) is 0 Å². The highest BCUT2D eigenvalue weighted by Crippen LogP contribution is 2.26. The van der Waals surface area contributed by atoms with E-state index in [0.717, 1.165) is 17.9 Å². The maximum Gasteiger partial charge on any atom is 0.131 e. The Morgan fingerprint density at radius 3 is 2.67 bits per heavy atom. The predicted octanol–water partition coefficient (Wildman–Crippen LogP) is 3.65. The quantitative estimate of drug-likeness (QED) is 0.887. The van der Waals surface area contributed by atoms with Gasteiger partial charge < -0.3 is 10.1 Å². The Labute approximate surface area is 106 Å². The lowest BCUT2D eigenvalue weighted by Gasteiger charge is -2.11. The van der Waals surface area contributed by atoms with E-state index in [0.29, 0.717) is 11.3 Å². The molecule has 0 aliphatic carbocycles. The molecule has 94 valence electrons. The van der Waals surface area contributed by atoms with E-state index in [2.05, 4.69) is 5.32 Å². The van der Waals surface area contributed by atoms with Gasteiger partial charge in [-0.3, -0.25) is 0 Å². The van der Waals surface area contributed by atoms with Crippen molar-refractivity contribution in [3.05, 3.63) is 59.4 Å². The minimum Gasteiger partial charge on any atom is -0.457 e. The molecule has 18 heavy (non-hydrogen) atoms. The third-order valence-corrected chi connectivity index (χ3v) is 2.70. The molecule has 0 aliphatic heterocycles. The Kier molecular flexibility index (Phi) is 3.95. The maximum atomic E-state index is 13.2. The van der Waals surface area contributed by atoms with Crippen molar-refractivity contribution in [3.63, 3.8) is 0 Å². The van der Waals surface area contributed by atoms with Crippen molar-refractivity contribution >= 4 is 0 Å². The Morgan fingerprint density at radius 2 is 1.94 bits per heavy atom. The minimum atomic E-state index is -0.217. The van der Waals surface area contributed by atoms with E-state index in [1.807, 2.05) is 31.3 Å². The molecule has 0 amide bonds. The molecular formula is C15H16FNO. The Hall–Kier alpha value is -1.87. The second-order valence-electron chi connectivity index (χ2n) is 4.15. The molecule has 0 heterocycles. The summed E-state index contributed by atoms with van der Waals surface area (Å²) >= 11 is 0. The third-order valence-electron chi connectivity index (χ3n) is 2.70. The average molecular weight is 245 g/mol. The minimum absolute atomic E-state index is 0.217. The third kappa shape index (κ3) is 2.87. The fourth-order valence-corrected chi connectivity index (χ4v) is 1.75. The van der Waals surface area contributed by atoms with Crippen molar-refractivity contribution in [2.75, 3.05) is 7.05 Å². The van der Waals surface area contributed by atoms with Crippen LogP contribution in [0.15, 0.2) is 42.5 Å². The van der Waals surface area contributed by atoms with E-state index in [-0.39, 0.29) is 5.82 Å². The topological polar surface area (TPSA) is 21.3 Å². The van der Waals surface area contributed by atoms with Crippen molar-refractivity contribution in [1.82, 2.24) is 5.32 Å². The molecule has 0 atom stereocenters. The van der Waals surface area contributed by atoms with Gasteiger partial charge in [0, 0.05) is 12.1 Å². The van der Waals surface area contributed by atoms with Gasteiger partial charge in [-0.2, -0.15) is 0 Å². The van der Waals surface area contributed by atoms with Crippen LogP contribution in [0.4, 0.5) is 4.39 Å². The molecule has 2 aromatic rings. The number of para-hydroxylation sites is 1. The van der Waals surface area contributed by atoms with Crippen LogP contribution in [0.1, 0.15) is 11.1 Å². The first-order chi connectivity index (χ1) is 8.70. The zero-order valence-corrected chi connectivity index (χ0v) is 10.5. The van der Waals surface area contributed by atoms with Crippen molar-refractivity contribution in [2.24, 2.45) is 0 Å². The second kappa shape index (κ2) is 5.65. The lowest BCUT2D eigenvalue weighted by Crippen LogP contribution is -2.06. The number of hydrogen-bond donors (Lipinski definition) is 1. The van der Waals surface area contributed by atoms with Crippen LogP contribution >= 0.6 is 0 Å². The largest absolute Gasteiger partial charge is 0.457 e. The van der Waals surface area contributed by atoms with Gasteiger partial charge >= 0.3 is 0 Å². The number of ether oxygens (including phenoxy) is 1. The molecule has 1 N–H and O–H groups in total. The van der Waals surface area contributed by atoms with Crippen LogP contribution in [0.5, 0.6) is 11.5 Å². The van der Waals surface area contributed by atoms with Gasteiger partial charge in [-0.25, -0.2) is 4.39 Å². The van der Waals surface area contributed by atoms with E-state index in [1.54, 1.807) is 19.1 Å². The van der Waals surface area contributed by atoms with Gasteiger partial charge in [0.15, 0.2) is 0 Å². The molecule has 0 aliphatic rings. The molecule has 0 bridgehead atoms. The molecule has 0 fully saturated rings. The van der Waals surface area contributed by atoms with Gasteiger partial charge in [-0.15, -0.1) is 0 Å². The summed E-state index contributed by atoms with van der Waals surface area (Å²) < 4.78 is 19.0. The first-order valence-corrected chi connectivity index (χ1v) is 5.87. The Balaban J connectivity index is 2.25. The molecule has 0 saturated carbocycles. The van der Waals surface area contributed by atoms with Crippen LogP contribution in [0.2, 0.25) is 0 Å². The fourth-order valence-electron chi connectivity index (χ4n) is 1.75. The number of nitrogens with one attached hydrogen (secondary N) is 1. The van der Waals surface area contributed by atoms with E-state index >= 15 is 0 Å². The Morgan fingerprint density at radius 1 is 1.17 bits per heavy atom. The van der Waals surface area contributed by atoms with Crippen molar-refractivity contribution in [1.29, 1.82) is 0 Å². The normalized spacial score (nSPS) is 10.4. The molecule has 2 aromatic carbocycles. The molecule has 2 nitrogen and oxygen atoms in total. The zero-order chi connectivity index (χ0) is 13.0. The Bertz CT molecular complexity index is 540. The van der Waals surface area contributed by atoms with Gasteiger partial charge in [0.2, 0.25) is 0 Å². The number of hydrogen-bond acceptors (Lipinski definition) is 2. The summed E-state index contributed by atoms with van der Waals surface area (Å²) in [6.07, 6.45) is 0. The maximum absolute atomic E-state index is 13.2. The van der Waals surface area contributed by atoms with E-state index in [1.165, 1.54) is 6.07 Å². The van der Waals surface area contributed by atoms with Crippen LogP contribution in [0.3, 0.4) is 0 Å². The fraction of sp³-hybridized carbons (Fsp3) is 0.200. The van der Waals surface area contributed by atoms with Crippen LogP contribution in [0, 0.1) is 12.7 Å². The molecule has 0 unspecified atom stereocenters. The highest BCUT2D eigenvalue weighted by Gasteiger charge is 2.05. The predicted molar refractivity (Wildman–Crippen MR) is 70.4 cm³/mol. The summed E-state index contributed by atoms with van der Waals surface area (Å²) in [6.45, 7) is 2.46. The van der Waals surface area contributed by atoms with Crippen molar-refractivity contribution in [2.45, 2.75) is 13.5 Å². The number of benzene rings is 2. The summed E-state index contributed by atoms with van der Waals surface area (Å²) in [4.78, 5) is 0. The molecule has 0 radical (unpaired) electrons. The number of halogens is 1. The van der Waals surface area contributed by atoms with E-state index in [9.17, 15) is 4.39 Å². The lowest BCUT2D eigenvalue weighted by atomic mass is 10.2. The van der Waals surface area contributed by atoms with Gasteiger partial charge in [0.25, 0.3) is 0 Å². The molecule has 0 saturated heterocycles. The first kappa shape index (κ1) is 12.6. The molecule has 0 spiro atoms. The highest BCUT2D eigenvalue weighted by atomic mass is 19.1. The van der Waals surface area contributed by atoms with Crippen molar-refractivity contribution in [3.8, 4) is 11.5 Å². The second-order valence-corrected chi connectivity index (χ2v) is 4.15. The van der Waals surface area contributed by atoms with Crippen LogP contribution in [-0.4, -0.2) is 7.05 Å². The van der Waals surface area contributed by atoms with Crippen LogP contribution in [0.25, 0.3) is 0 Å². The summed E-state index contributed by atoms with van der Waals surface area (Å²) in [5.74, 6) is 1.22. The highest BCUT2D eigenvalue weighted by molar-refractivity contribution is 5.39. The van der Waals surface area contributed by atoms with Gasteiger partial charge in [-0.05, 0) is 43.8 Å². The van der Waals surface area contributed by atoms with Crippen LogP contribution < -0.4 is 10.1 Å². The summed E-state index contributed by atoms with van der Waals surface area (Å²) in [5, 5.41) is 3.09. The molecule has 0 aromatic heterocycles. The standard InChI is InChI=1S/C15H16FNO/c1-11-9-13(7-8-14(11)16)18-15-6-4-3-5-12(15)10-17-2/h3-9,17H,10H2,1-2H3. The van der Waals surface area contributed by atoms with Gasteiger partial charge in [0.1, 0.15) is 17.3 Å². The average Bonchev–Trinajstić information content (AvgIpc) is 2.37. The number of aryl methyl sites for hydroxylation is 1. The lowest BCUT2D eigenvalue weighted by molar-refractivity contribution is 0.471. The molecular weight excluding hydrogens is 229 g/mol. The SMILES string of the molecule is CNCc1ccccc1Oc1ccc(F)c(C)c1. The van der Waals surface area contributed by atoms with E-state index in [4.69, 9.17) is 4.74 Å². The molecule has 3 heteroatoms. The van der Waals surface area contributed by atoms with Crippen molar-refractivity contribution < 1.29 is 9.13 Å².